The maximum absolute atomic E-state index is 13.0. The van der Waals surface area contributed by atoms with E-state index in [1.165, 1.54) is 24.3 Å². The van der Waals surface area contributed by atoms with Crippen LogP contribution >= 0.6 is 0 Å². The molecule has 0 N–H and O–H groups in total. The van der Waals surface area contributed by atoms with Crippen molar-refractivity contribution in [3.05, 3.63) is 66.0 Å². The predicted octanol–water partition coefficient (Wildman–Crippen LogP) is 3.33. The van der Waals surface area contributed by atoms with Crippen LogP contribution < -0.4 is 4.74 Å². The Kier molecular flexibility index (Phi) is 5.43. The average molecular weight is 341 g/mol. The van der Waals surface area contributed by atoms with Crippen LogP contribution in [0.3, 0.4) is 0 Å². The minimum Gasteiger partial charge on any atom is -0.484 e. The molecule has 2 aromatic carbocycles. The molecule has 1 aliphatic rings. The number of rotatable bonds is 5. The van der Waals surface area contributed by atoms with E-state index in [4.69, 9.17) is 4.74 Å². The van der Waals surface area contributed by atoms with Crippen LogP contribution in [0.2, 0.25) is 0 Å². The van der Waals surface area contributed by atoms with Gasteiger partial charge in [-0.15, -0.1) is 0 Å². The van der Waals surface area contributed by atoms with Crippen molar-refractivity contribution in [3.8, 4) is 5.75 Å². The smallest absolute Gasteiger partial charge is 0.260 e. The summed E-state index contributed by atoms with van der Waals surface area (Å²) in [7, 11) is 0. The summed E-state index contributed by atoms with van der Waals surface area (Å²) < 4.78 is 18.4. The van der Waals surface area contributed by atoms with E-state index in [0.717, 1.165) is 0 Å². The number of hydrogen-bond acceptors (Lipinski definition) is 3. The van der Waals surface area contributed by atoms with Gasteiger partial charge in [-0.1, -0.05) is 18.2 Å². The summed E-state index contributed by atoms with van der Waals surface area (Å²) in [6.07, 6.45) is 1.24. The van der Waals surface area contributed by atoms with Gasteiger partial charge < -0.3 is 9.64 Å². The molecule has 1 fully saturated rings. The van der Waals surface area contributed by atoms with E-state index in [2.05, 4.69) is 0 Å². The summed E-state index contributed by atoms with van der Waals surface area (Å²) in [5.74, 6) is 0.140. The van der Waals surface area contributed by atoms with Crippen molar-refractivity contribution in [3.63, 3.8) is 0 Å². The molecular formula is C20H20FNO3. The zero-order valence-electron chi connectivity index (χ0n) is 13.9. The van der Waals surface area contributed by atoms with Gasteiger partial charge >= 0.3 is 0 Å². The van der Waals surface area contributed by atoms with E-state index in [0.29, 0.717) is 37.2 Å². The summed E-state index contributed by atoms with van der Waals surface area (Å²) in [5.41, 5.74) is 0.526. The van der Waals surface area contributed by atoms with Crippen molar-refractivity contribution in [1.82, 2.24) is 4.90 Å². The topological polar surface area (TPSA) is 46.6 Å². The number of ether oxygens (including phenoxy) is 1. The van der Waals surface area contributed by atoms with Crippen molar-refractivity contribution in [2.45, 2.75) is 12.8 Å². The fourth-order valence-corrected chi connectivity index (χ4v) is 2.99. The fourth-order valence-electron chi connectivity index (χ4n) is 2.99. The molecule has 3 rings (SSSR count). The van der Waals surface area contributed by atoms with Crippen LogP contribution in [-0.2, 0) is 4.79 Å². The molecule has 4 nitrogen and oxygen atoms in total. The molecule has 1 saturated heterocycles. The van der Waals surface area contributed by atoms with Gasteiger partial charge in [0.15, 0.2) is 12.4 Å². The number of para-hydroxylation sites is 1. The standard InChI is InChI=1S/C20H20FNO3/c21-17-8-6-15(7-9-17)20(24)16-10-12-22(13-11-16)19(23)14-25-18-4-2-1-3-5-18/h1-9,16H,10-14H2. The molecule has 2 aromatic rings. The van der Waals surface area contributed by atoms with Gasteiger partial charge in [0.1, 0.15) is 11.6 Å². The molecule has 0 saturated carbocycles. The molecule has 0 unspecified atom stereocenters. The number of benzene rings is 2. The zero-order valence-corrected chi connectivity index (χ0v) is 13.9. The van der Waals surface area contributed by atoms with E-state index in [1.54, 1.807) is 17.0 Å². The van der Waals surface area contributed by atoms with Gasteiger partial charge in [-0.2, -0.15) is 0 Å². The molecule has 1 amide bonds. The van der Waals surface area contributed by atoms with Crippen LogP contribution in [0.5, 0.6) is 5.75 Å². The van der Waals surface area contributed by atoms with E-state index in [1.807, 2.05) is 18.2 Å². The number of amides is 1. The Morgan fingerprint density at radius 1 is 1.00 bits per heavy atom. The molecule has 0 radical (unpaired) electrons. The Hall–Kier alpha value is -2.69. The highest BCUT2D eigenvalue weighted by Gasteiger charge is 2.28. The summed E-state index contributed by atoms with van der Waals surface area (Å²) in [6, 6.07) is 14.8. The summed E-state index contributed by atoms with van der Waals surface area (Å²) in [5, 5.41) is 0. The van der Waals surface area contributed by atoms with Gasteiger partial charge in [0.25, 0.3) is 5.91 Å². The molecule has 0 atom stereocenters. The third-order valence-corrected chi connectivity index (χ3v) is 4.45. The molecule has 5 heteroatoms. The highest BCUT2D eigenvalue weighted by atomic mass is 19.1. The van der Waals surface area contributed by atoms with Crippen LogP contribution in [0.1, 0.15) is 23.2 Å². The number of piperidine rings is 1. The number of carbonyl (C=O) groups excluding carboxylic acids is 2. The summed E-state index contributed by atoms with van der Waals surface area (Å²) in [4.78, 5) is 26.4. The van der Waals surface area contributed by atoms with Crippen LogP contribution in [0, 0.1) is 11.7 Å². The van der Waals surface area contributed by atoms with Crippen molar-refractivity contribution < 1.29 is 18.7 Å². The molecule has 0 aromatic heterocycles. The first-order chi connectivity index (χ1) is 12.1. The number of likely N-dealkylation sites (tertiary alicyclic amines) is 1. The Labute approximate surface area is 146 Å². The number of ketones is 1. The normalized spacial score (nSPS) is 15.0. The maximum atomic E-state index is 13.0. The molecular weight excluding hydrogens is 321 g/mol. The maximum Gasteiger partial charge on any atom is 0.260 e. The Bertz CT molecular complexity index is 722. The second-order valence-corrected chi connectivity index (χ2v) is 6.13. The lowest BCUT2D eigenvalue weighted by atomic mass is 9.89. The molecule has 0 bridgehead atoms. The van der Waals surface area contributed by atoms with Crippen molar-refractivity contribution >= 4 is 11.7 Å². The van der Waals surface area contributed by atoms with Gasteiger partial charge in [-0.05, 0) is 49.2 Å². The molecule has 0 aliphatic carbocycles. The first-order valence-electron chi connectivity index (χ1n) is 8.39. The highest BCUT2D eigenvalue weighted by Crippen LogP contribution is 2.22. The monoisotopic (exact) mass is 341 g/mol. The van der Waals surface area contributed by atoms with Crippen molar-refractivity contribution in [2.75, 3.05) is 19.7 Å². The van der Waals surface area contributed by atoms with E-state index >= 15 is 0 Å². The van der Waals surface area contributed by atoms with E-state index < -0.39 is 0 Å². The lowest BCUT2D eigenvalue weighted by Crippen LogP contribution is -2.42. The SMILES string of the molecule is O=C(c1ccc(F)cc1)C1CCN(C(=O)COc2ccccc2)CC1. The number of halogens is 1. The predicted molar refractivity (Wildman–Crippen MR) is 92.0 cm³/mol. The largest absolute Gasteiger partial charge is 0.484 e. The second kappa shape index (κ2) is 7.92. The third kappa shape index (κ3) is 4.44. The fraction of sp³-hybridized carbons (Fsp3) is 0.300. The lowest BCUT2D eigenvalue weighted by Gasteiger charge is -2.31. The molecule has 1 aliphatic heterocycles. The second-order valence-electron chi connectivity index (χ2n) is 6.13. The van der Waals surface area contributed by atoms with Crippen LogP contribution in [0.15, 0.2) is 54.6 Å². The Balaban J connectivity index is 1.48. The van der Waals surface area contributed by atoms with E-state index in [-0.39, 0.29) is 30.0 Å². The van der Waals surface area contributed by atoms with Crippen LogP contribution in [-0.4, -0.2) is 36.3 Å². The first-order valence-corrected chi connectivity index (χ1v) is 8.39. The van der Waals surface area contributed by atoms with Gasteiger partial charge in [0.2, 0.25) is 0 Å². The van der Waals surface area contributed by atoms with Gasteiger partial charge in [-0.25, -0.2) is 4.39 Å². The number of carbonyl (C=O) groups is 2. The van der Waals surface area contributed by atoms with Crippen molar-refractivity contribution in [2.24, 2.45) is 5.92 Å². The summed E-state index contributed by atoms with van der Waals surface area (Å²) in [6.45, 7) is 1.07. The average Bonchev–Trinajstić information content (AvgIpc) is 2.67. The number of hydrogen-bond donors (Lipinski definition) is 0. The quantitative estimate of drug-likeness (QED) is 0.784. The minimum atomic E-state index is -0.351. The minimum absolute atomic E-state index is 0.000584. The van der Waals surface area contributed by atoms with Crippen molar-refractivity contribution in [1.29, 1.82) is 0 Å². The lowest BCUT2D eigenvalue weighted by molar-refractivity contribution is -0.134. The molecule has 1 heterocycles. The van der Waals surface area contributed by atoms with Gasteiger partial charge in [-0.3, -0.25) is 9.59 Å². The van der Waals surface area contributed by atoms with Gasteiger partial charge in [0.05, 0.1) is 0 Å². The highest BCUT2D eigenvalue weighted by molar-refractivity contribution is 5.98. The van der Waals surface area contributed by atoms with Crippen LogP contribution in [0.4, 0.5) is 4.39 Å². The number of nitrogens with zero attached hydrogens (tertiary/aromatic N) is 1. The summed E-state index contributed by atoms with van der Waals surface area (Å²) >= 11 is 0. The third-order valence-electron chi connectivity index (χ3n) is 4.45. The Morgan fingerprint density at radius 3 is 2.28 bits per heavy atom. The molecule has 25 heavy (non-hydrogen) atoms. The molecule has 130 valence electrons. The van der Waals surface area contributed by atoms with Crippen LogP contribution in [0.25, 0.3) is 0 Å². The molecule has 0 spiro atoms. The number of Topliss-reactive ketones (excluding diaryl/α,β-unsaturated/α-hetero) is 1. The van der Waals surface area contributed by atoms with Gasteiger partial charge in [0, 0.05) is 24.6 Å². The Morgan fingerprint density at radius 2 is 1.64 bits per heavy atom. The zero-order chi connectivity index (χ0) is 17.6. The first kappa shape index (κ1) is 17.1. The van der Waals surface area contributed by atoms with E-state index in [9.17, 15) is 14.0 Å².